The number of ether oxygens (including phenoxy) is 2. The van der Waals surface area contributed by atoms with E-state index in [1.54, 1.807) is 7.11 Å². The first kappa shape index (κ1) is 20.9. The van der Waals surface area contributed by atoms with E-state index >= 15 is 0 Å². The van der Waals surface area contributed by atoms with E-state index in [2.05, 4.69) is 60.6 Å². The summed E-state index contributed by atoms with van der Waals surface area (Å²) in [5, 5.41) is 0. The minimum absolute atomic E-state index is 0.0199. The summed E-state index contributed by atoms with van der Waals surface area (Å²) in [6.07, 6.45) is 6.28. The van der Waals surface area contributed by atoms with Gasteiger partial charge in [-0.3, -0.25) is 0 Å². The Morgan fingerprint density at radius 1 is 0.792 bits per heavy atom. The van der Waals surface area contributed by atoms with Crippen molar-refractivity contribution in [1.82, 2.24) is 0 Å². The summed E-state index contributed by atoms with van der Waals surface area (Å²) in [5.74, 6) is 1.98. The van der Waals surface area contributed by atoms with Crippen molar-refractivity contribution in [1.29, 1.82) is 0 Å². The number of unbranched alkanes of at least 4 members (excludes halogenated alkanes) is 4. The standard InChI is InChI=1S/C22H38O2/c1-9-10-11-12-13-14-24-20-18(21(2,3)4)15-17(23-8)16-19(20)22(5,6)7/h15-16H,9-14H2,1-8H3. The van der Waals surface area contributed by atoms with Crippen molar-refractivity contribution < 1.29 is 9.47 Å². The fraction of sp³-hybridized carbons (Fsp3) is 0.727. The Hall–Kier alpha value is -1.18. The highest BCUT2D eigenvalue weighted by molar-refractivity contribution is 5.52. The van der Waals surface area contributed by atoms with Crippen LogP contribution in [0.25, 0.3) is 0 Å². The van der Waals surface area contributed by atoms with Gasteiger partial charge in [-0.15, -0.1) is 0 Å². The van der Waals surface area contributed by atoms with E-state index in [1.165, 1.54) is 36.8 Å². The Balaban J connectivity index is 3.09. The van der Waals surface area contributed by atoms with Gasteiger partial charge in [-0.1, -0.05) is 74.1 Å². The molecular formula is C22H38O2. The molecule has 0 saturated heterocycles. The molecule has 0 N–H and O–H groups in total. The van der Waals surface area contributed by atoms with E-state index in [-0.39, 0.29) is 10.8 Å². The molecule has 0 heterocycles. The Labute approximate surface area is 149 Å². The van der Waals surface area contributed by atoms with E-state index in [0.717, 1.165) is 24.5 Å². The Bertz CT molecular complexity index is 469. The van der Waals surface area contributed by atoms with E-state index in [1.807, 2.05) is 0 Å². The summed E-state index contributed by atoms with van der Waals surface area (Å²) in [6.45, 7) is 16.5. The van der Waals surface area contributed by atoms with Crippen LogP contribution in [0.5, 0.6) is 11.5 Å². The number of hydrogen-bond acceptors (Lipinski definition) is 2. The maximum atomic E-state index is 6.35. The van der Waals surface area contributed by atoms with Crippen LogP contribution in [0.4, 0.5) is 0 Å². The molecule has 0 fully saturated rings. The summed E-state index contributed by atoms with van der Waals surface area (Å²) in [5.41, 5.74) is 2.51. The van der Waals surface area contributed by atoms with Crippen molar-refractivity contribution in [2.75, 3.05) is 13.7 Å². The SMILES string of the molecule is CCCCCCCOc1c(C(C)(C)C)cc(OC)cc1C(C)(C)C. The zero-order valence-electron chi connectivity index (χ0n) is 17.2. The molecular weight excluding hydrogens is 296 g/mol. The van der Waals surface area contributed by atoms with Gasteiger partial charge in [0.25, 0.3) is 0 Å². The fourth-order valence-electron chi connectivity index (χ4n) is 2.87. The van der Waals surface area contributed by atoms with Gasteiger partial charge in [0.1, 0.15) is 11.5 Å². The second kappa shape index (κ2) is 8.78. The van der Waals surface area contributed by atoms with Gasteiger partial charge in [-0.05, 0) is 29.4 Å². The topological polar surface area (TPSA) is 18.5 Å². The largest absolute Gasteiger partial charge is 0.497 e. The van der Waals surface area contributed by atoms with Crippen LogP contribution in [0.2, 0.25) is 0 Å². The third-order valence-electron chi connectivity index (χ3n) is 4.41. The smallest absolute Gasteiger partial charge is 0.127 e. The predicted molar refractivity (Wildman–Crippen MR) is 105 cm³/mol. The molecule has 138 valence electrons. The molecule has 0 aromatic heterocycles. The average Bonchev–Trinajstić information content (AvgIpc) is 2.48. The number of hydrogen-bond donors (Lipinski definition) is 0. The molecule has 0 unspecified atom stereocenters. The maximum Gasteiger partial charge on any atom is 0.127 e. The molecule has 0 aliphatic heterocycles. The van der Waals surface area contributed by atoms with Crippen LogP contribution >= 0.6 is 0 Å². The van der Waals surface area contributed by atoms with E-state index in [0.29, 0.717) is 0 Å². The van der Waals surface area contributed by atoms with Crippen LogP contribution in [0.15, 0.2) is 12.1 Å². The van der Waals surface area contributed by atoms with Crippen LogP contribution in [0.1, 0.15) is 91.7 Å². The number of rotatable bonds is 8. The first-order valence-electron chi connectivity index (χ1n) is 9.47. The second-order valence-corrected chi connectivity index (χ2v) is 8.81. The monoisotopic (exact) mass is 334 g/mol. The van der Waals surface area contributed by atoms with Crippen LogP contribution in [0, 0.1) is 0 Å². The predicted octanol–water partition coefficient (Wildman–Crippen LogP) is 6.64. The Morgan fingerprint density at radius 2 is 1.29 bits per heavy atom. The van der Waals surface area contributed by atoms with E-state index in [4.69, 9.17) is 9.47 Å². The zero-order valence-corrected chi connectivity index (χ0v) is 17.2. The van der Waals surface area contributed by atoms with Crippen molar-refractivity contribution in [3.63, 3.8) is 0 Å². The summed E-state index contributed by atoms with van der Waals surface area (Å²) in [4.78, 5) is 0. The summed E-state index contributed by atoms with van der Waals surface area (Å²) < 4.78 is 11.9. The minimum atomic E-state index is 0.0199. The summed E-state index contributed by atoms with van der Waals surface area (Å²) >= 11 is 0. The van der Waals surface area contributed by atoms with Gasteiger partial charge in [0, 0.05) is 11.1 Å². The molecule has 0 amide bonds. The molecule has 2 heteroatoms. The van der Waals surface area contributed by atoms with Gasteiger partial charge >= 0.3 is 0 Å². The molecule has 0 aliphatic carbocycles. The van der Waals surface area contributed by atoms with Gasteiger partial charge in [0.05, 0.1) is 13.7 Å². The maximum absolute atomic E-state index is 6.35. The van der Waals surface area contributed by atoms with Gasteiger partial charge in [-0.2, -0.15) is 0 Å². The average molecular weight is 335 g/mol. The van der Waals surface area contributed by atoms with E-state index in [9.17, 15) is 0 Å². The molecule has 0 spiro atoms. The quantitative estimate of drug-likeness (QED) is 0.496. The lowest BCUT2D eigenvalue weighted by atomic mass is 9.79. The van der Waals surface area contributed by atoms with E-state index < -0.39 is 0 Å². The third-order valence-corrected chi connectivity index (χ3v) is 4.41. The Kier molecular flexibility index (Phi) is 7.63. The molecule has 1 rings (SSSR count). The van der Waals surface area contributed by atoms with Crippen LogP contribution < -0.4 is 9.47 Å². The van der Waals surface area contributed by atoms with Crippen molar-refractivity contribution in [2.45, 2.75) is 91.4 Å². The lowest BCUT2D eigenvalue weighted by Gasteiger charge is -2.30. The van der Waals surface area contributed by atoms with Gasteiger partial charge in [0.15, 0.2) is 0 Å². The number of methoxy groups -OCH3 is 1. The van der Waals surface area contributed by atoms with Crippen LogP contribution in [-0.2, 0) is 10.8 Å². The molecule has 1 aromatic carbocycles. The van der Waals surface area contributed by atoms with Crippen LogP contribution in [-0.4, -0.2) is 13.7 Å². The molecule has 0 radical (unpaired) electrons. The zero-order chi connectivity index (χ0) is 18.4. The molecule has 2 nitrogen and oxygen atoms in total. The fourth-order valence-corrected chi connectivity index (χ4v) is 2.87. The van der Waals surface area contributed by atoms with Crippen molar-refractivity contribution >= 4 is 0 Å². The highest BCUT2D eigenvalue weighted by atomic mass is 16.5. The van der Waals surface area contributed by atoms with Crippen LogP contribution in [0.3, 0.4) is 0 Å². The van der Waals surface area contributed by atoms with Crippen molar-refractivity contribution in [3.8, 4) is 11.5 Å². The first-order valence-corrected chi connectivity index (χ1v) is 9.47. The molecule has 0 atom stereocenters. The summed E-state index contributed by atoms with van der Waals surface area (Å²) in [7, 11) is 1.74. The van der Waals surface area contributed by atoms with Gasteiger partial charge in [0.2, 0.25) is 0 Å². The van der Waals surface area contributed by atoms with Crippen molar-refractivity contribution in [3.05, 3.63) is 23.3 Å². The van der Waals surface area contributed by atoms with Crippen molar-refractivity contribution in [2.24, 2.45) is 0 Å². The highest BCUT2D eigenvalue weighted by Crippen LogP contribution is 2.42. The Morgan fingerprint density at radius 3 is 1.71 bits per heavy atom. The van der Waals surface area contributed by atoms with Gasteiger partial charge in [-0.25, -0.2) is 0 Å². The molecule has 0 aliphatic rings. The first-order chi connectivity index (χ1) is 11.1. The normalized spacial score (nSPS) is 12.3. The lowest BCUT2D eigenvalue weighted by molar-refractivity contribution is 0.287. The third kappa shape index (κ3) is 6.03. The lowest BCUT2D eigenvalue weighted by Crippen LogP contribution is -2.20. The molecule has 24 heavy (non-hydrogen) atoms. The molecule has 1 aromatic rings. The minimum Gasteiger partial charge on any atom is -0.497 e. The summed E-state index contributed by atoms with van der Waals surface area (Å²) in [6, 6.07) is 4.28. The number of benzene rings is 1. The molecule has 0 saturated carbocycles. The highest BCUT2D eigenvalue weighted by Gasteiger charge is 2.28. The molecule has 0 bridgehead atoms. The second-order valence-electron chi connectivity index (χ2n) is 8.81. The van der Waals surface area contributed by atoms with Gasteiger partial charge < -0.3 is 9.47 Å².